The monoisotopic (exact) mass is 381 g/mol. The molecule has 0 saturated heterocycles. The molecule has 0 aliphatic rings. The van der Waals surface area contributed by atoms with E-state index in [0.29, 0.717) is 22.2 Å². The average molecular weight is 381 g/mol. The van der Waals surface area contributed by atoms with Gasteiger partial charge in [0.2, 0.25) is 5.91 Å². The first kappa shape index (κ1) is 19.1. The summed E-state index contributed by atoms with van der Waals surface area (Å²) >= 11 is 2.60. The minimum Gasteiger partial charge on any atom is -0.496 e. The standard InChI is InChI=1S/C16H19N3O4S2/c1-8-11(22-3)5-10(6-12(8)23-4)14(21)19-16-18-9(2)15(25-16)24-7-13(17)20/h5-6H,7H2,1-4H3,(H2,17,20)(H,18,19,21). The van der Waals surface area contributed by atoms with Crippen LogP contribution >= 0.6 is 23.1 Å². The van der Waals surface area contributed by atoms with E-state index in [0.717, 1.165) is 15.5 Å². The Morgan fingerprint density at radius 3 is 2.36 bits per heavy atom. The molecular weight excluding hydrogens is 362 g/mol. The molecule has 0 bridgehead atoms. The molecule has 134 valence electrons. The van der Waals surface area contributed by atoms with Gasteiger partial charge in [-0.3, -0.25) is 14.9 Å². The Balaban J connectivity index is 2.20. The summed E-state index contributed by atoms with van der Waals surface area (Å²) in [4.78, 5) is 27.7. The maximum atomic E-state index is 12.5. The zero-order valence-electron chi connectivity index (χ0n) is 14.3. The second-order valence-corrected chi connectivity index (χ2v) is 7.35. The Morgan fingerprint density at radius 1 is 1.24 bits per heavy atom. The van der Waals surface area contributed by atoms with Gasteiger partial charge in [0.25, 0.3) is 5.91 Å². The summed E-state index contributed by atoms with van der Waals surface area (Å²) in [5.74, 6) is 0.581. The van der Waals surface area contributed by atoms with Gasteiger partial charge in [-0.1, -0.05) is 11.3 Å². The summed E-state index contributed by atoms with van der Waals surface area (Å²) in [5.41, 5.74) is 7.11. The quantitative estimate of drug-likeness (QED) is 0.715. The van der Waals surface area contributed by atoms with Gasteiger partial charge in [0.05, 0.1) is 29.9 Å². The van der Waals surface area contributed by atoms with Crippen molar-refractivity contribution >= 4 is 40.0 Å². The van der Waals surface area contributed by atoms with Crippen LogP contribution in [0.4, 0.5) is 5.13 Å². The number of primary amides is 1. The fourth-order valence-electron chi connectivity index (χ4n) is 2.09. The van der Waals surface area contributed by atoms with Gasteiger partial charge >= 0.3 is 0 Å². The number of thiazole rings is 1. The van der Waals surface area contributed by atoms with Crippen LogP contribution in [-0.2, 0) is 4.79 Å². The van der Waals surface area contributed by atoms with E-state index in [1.54, 1.807) is 12.1 Å². The van der Waals surface area contributed by atoms with Gasteiger partial charge in [0, 0.05) is 11.1 Å². The Bertz CT molecular complexity index is 780. The summed E-state index contributed by atoms with van der Waals surface area (Å²) < 4.78 is 11.4. The third kappa shape index (κ3) is 4.64. The molecule has 0 aliphatic carbocycles. The number of nitrogens with two attached hydrogens (primary N) is 1. The molecule has 0 radical (unpaired) electrons. The molecule has 2 rings (SSSR count). The topological polar surface area (TPSA) is 104 Å². The summed E-state index contributed by atoms with van der Waals surface area (Å²) in [7, 11) is 3.08. The van der Waals surface area contributed by atoms with Crippen molar-refractivity contribution in [1.82, 2.24) is 4.98 Å². The first-order chi connectivity index (χ1) is 11.8. The summed E-state index contributed by atoms with van der Waals surface area (Å²) in [5, 5.41) is 3.21. The number of hydrogen-bond acceptors (Lipinski definition) is 7. The highest BCUT2D eigenvalue weighted by Crippen LogP contribution is 2.33. The van der Waals surface area contributed by atoms with Crippen LogP contribution in [0, 0.1) is 13.8 Å². The number of nitrogens with one attached hydrogen (secondary N) is 1. The fraction of sp³-hybridized carbons (Fsp3) is 0.312. The number of thioether (sulfide) groups is 1. The third-order valence-electron chi connectivity index (χ3n) is 3.33. The molecule has 0 unspecified atom stereocenters. The van der Waals surface area contributed by atoms with Gasteiger partial charge in [-0.05, 0) is 26.0 Å². The number of carbonyl (C=O) groups is 2. The van der Waals surface area contributed by atoms with Crippen LogP contribution in [0.15, 0.2) is 16.3 Å². The molecule has 0 aliphatic heterocycles. The zero-order chi connectivity index (χ0) is 18.6. The number of rotatable bonds is 7. The van der Waals surface area contributed by atoms with Crippen LogP contribution in [0.2, 0.25) is 0 Å². The molecule has 0 atom stereocenters. The smallest absolute Gasteiger partial charge is 0.257 e. The number of carbonyl (C=O) groups excluding carboxylic acids is 2. The summed E-state index contributed by atoms with van der Waals surface area (Å²) in [6.45, 7) is 3.67. The van der Waals surface area contributed by atoms with Crippen LogP contribution in [0.25, 0.3) is 0 Å². The molecular formula is C16H19N3O4S2. The van der Waals surface area contributed by atoms with E-state index in [9.17, 15) is 9.59 Å². The Labute approximate surface area is 153 Å². The van der Waals surface area contributed by atoms with Crippen molar-refractivity contribution in [3.63, 3.8) is 0 Å². The number of nitrogens with zero attached hydrogens (tertiary/aromatic N) is 1. The van der Waals surface area contributed by atoms with Crippen molar-refractivity contribution in [3.8, 4) is 11.5 Å². The molecule has 1 aromatic carbocycles. The normalized spacial score (nSPS) is 10.4. The van der Waals surface area contributed by atoms with E-state index >= 15 is 0 Å². The number of benzene rings is 1. The molecule has 1 heterocycles. The van der Waals surface area contributed by atoms with Crippen LogP contribution in [0.3, 0.4) is 0 Å². The SMILES string of the molecule is COc1cc(C(=O)Nc2nc(C)c(SCC(N)=O)s2)cc(OC)c1C. The van der Waals surface area contributed by atoms with Gasteiger partial charge in [-0.15, -0.1) is 11.8 Å². The molecule has 7 nitrogen and oxygen atoms in total. The molecule has 2 amide bonds. The minimum absolute atomic E-state index is 0.169. The average Bonchev–Trinajstić information content (AvgIpc) is 2.92. The lowest BCUT2D eigenvalue weighted by atomic mass is 10.1. The lowest BCUT2D eigenvalue weighted by Crippen LogP contribution is -2.12. The molecule has 2 aromatic rings. The van der Waals surface area contributed by atoms with Crippen LogP contribution < -0.4 is 20.5 Å². The van der Waals surface area contributed by atoms with Crippen LogP contribution in [0.5, 0.6) is 11.5 Å². The molecule has 0 spiro atoms. The van der Waals surface area contributed by atoms with E-state index in [1.807, 2.05) is 13.8 Å². The van der Waals surface area contributed by atoms with Gasteiger partial charge in [0.1, 0.15) is 11.5 Å². The molecule has 3 N–H and O–H groups in total. The first-order valence-electron chi connectivity index (χ1n) is 7.28. The second kappa shape index (κ2) is 8.21. The van der Waals surface area contributed by atoms with Gasteiger partial charge in [-0.25, -0.2) is 4.98 Å². The second-order valence-electron chi connectivity index (χ2n) is 5.11. The van der Waals surface area contributed by atoms with Gasteiger partial charge in [-0.2, -0.15) is 0 Å². The van der Waals surface area contributed by atoms with E-state index in [4.69, 9.17) is 15.2 Å². The number of anilines is 1. The van der Waals surface area contributed by atoms with Crippen LogP contribution in [-0.4, -0.2) is 36.8 Å². The number of amides is 2. The van der Waals surface area contributed by atoms with Crippen molar-refractivity contribution in [2.45, 2.75) is 18.1 Å². The summed E-state index contributed by atoms with van der Waals surface area (Å²) in [6.07, 6.45) is 0. The number of aryl methyl sites for hydroxylation is 1. The predicted molar refractivity (Wildman–Crippen MR) is 99.0 cm³/mol. The first-order valence-corrected chi connectivity index (χ1v) is 9.08. The highest BCUT2D eigenvalue weighted by molar-refractivity contribution is 8.01. The van der Waals surface area contributed by atoms with E-state index < -0.39 is 5.91 Å². The maximum absolute atomic E-state index is 12.5. The molecule has 1 aromatic heterocycles. The highest BCUT2D eigenvalue weighted by Gasteiger charge is 2.16. The van der Waals surface area contributed by atoms with Gasteiger partial charge in [0.15, 0.2) is 5.13 Å². The lowest BCUT2D eigenvalue weighted by Gasteiger charge is -2.12. The lowest BCUT2D eigenvalue weighted by molar-refractivity contribution is -0.115. The molecule has 25 heavy (non-hydrogen) atoms. The van der Waals surface area contributed by atoms with Crippen molar-refractivity contribution in [1.29, 1.82) is 0 Å². The Hall–Kier alpha value is -2.26. The van der Waals surface area contributed by atoms with Crippen molar-refractivity contribution in [3.05, 3.63) is 29.0 Å². The maximum Gasteiger partial charge on any atom is 0.257 e. The Morgan fingerprint density at radius 2 is 1.84 bits per heavy atom. The number of ether oxygens (including phenoxy) is 2. The largest absolute Gasteiger partial charge is 0.496 e. The number of methoxy groups -OCH3 is 2. The predicted octanol–water partition coefficient (Wildman–Crippen LogP) is 2.61. The van der Waals surface area contributed by atoms with Crippen molar-refractivity contribution in [2.24, 2.45) is 5.73 Å². The van der Waals surface area contributed by atoms with Gasteiger partial charge < -0.3 is 15.2 Å². The Kier molecular flexibility index (Phi) is 6.27. The molecule has 0 fully saturated rings. The van der Waals surface area contributed by atoms with E-state index in [1.165, 1.54) is 37.3 Å². The minimum atomic E-state index is -0.401. The highest BCUT2D eigenvalue weighted by atomic mass is 32.2. The molecule has 0 saturated carbocycles. The van der Waals surface area contributed by atoms with E-state index in [-0.39, 0.29) is 11.7 Å². The number of aromatic nitrogens is 1. The third-order valence-corrected chi connectivity index (χ3v) is 5.79. The van der Waals surface area contributed by atoms with Crippen molar-refractivity contribution < 1.29 is 19.1 Å². The number of hydrogen-bond donors (Lipinski definition) is 2. The molecule has 9 heteroatoms. The van der Waals surface area contributed by atoms with Crippen LogP contribution in [0.1, 0.15) is 21.6 Å². The fourth-order valence-corrected chi connectivity index (χ4v) is 3.97. The van der Waals surface area contributed by atoms with Crippen molar-refractivity contribution in [2.75, 3.05) is 25.3 Å². The van der Waals surface area contributed by atoms with E-state index in [2.05, 4.69) is 10.3 Å². The zero-order valence-corrected chi connectivity index (χ0v) is 16.0. The summed E-state index contributed by atoms with van der Waals surface area (Å²) in [6, 6.07) is 3.30.